The standard InChI is InChI=1S/C22H26N6/c1-17(18-8-4-2-5-9-18)24-22-26-21(16-23-27-22)25-19-10-12-20(13-11-19)28-14-6-3-7-15-28/h2,4-5,8-13,16-17H,3,6-7,14-15H2,1H3,(H2,24,25,26,27). The van der Waals surface area contributed by atoms with Crippen molar-refractivity contribution in [2.24, 2.45) is 0 Å². The fourth-order valence-corrected chi connectivity index (χ4v) is 3.50. The zero-order chi connectivity index (χ0) is 19.2. The highest BCUT2D eigenvalue weighted by molar-refractivity contribution is 5.61. The molecule has 2 heterocycles. The minimum Gasteiger partial charge on any atom is -0.372 e. The van der Waals surface area contributed by atoms with Crippen LogP contribution >= 0.6 is 0 Å². The summed E-state index contributed by atoms with van der Waals surface area (Å²) in [5, 5.41) is 14.8. The number of piperidine rings is 1. The summed E-state index contributed by atoms with van der Waals surface area (Å²) >= 11 is 0. The predicted molar refractivity (Wildman–Crippen MR) is 114 cm³/mol. The highest BCUT2D eigenvalue weighted by Gasteiger charge is 2.11. The van der Waals surface area contributed by atoms with Crippen molar-refractivity contribution in [1.82, 2.24) is 15.2 Å². The van der Waals surface area contributed by atoms with Gasteiger partial charge in [0.05, 0.1) is 12.2 Å². The molecule has 3 aromatic rings. The lowest BCUT2D eigenvalue weighted by Gasteiger charge is -2.28. The Labute approximate surface area is 166 Å². The summed E-state index contributed by atoms with van der Waals surface area (Å²) < 4.78 is 0. The Morgan fingerprint density at radius 2 is 1.68 bits per heavy atom. The van der Waals surface area contributed by atoms with E-state index in [9.17, 15) is 0 Å². The third kappa shape index (κ3) is 4.57. The Hall–Kier alpha value is -3.15. The molecule has 0 bridgehead atoms. The molecule has 0 aliphatic carbocycles. The molecule has 1 atom stereocenters. The van der Waals surface area contributed by atoms with E-state index in [1.807, 2.05) is 18.2 Å². The van der Waals surface area contributed by atoms with Gasteiger partial charge in [0.1, 0.15) is 0 Å². The zero-order valence-electron chi connectivity index (χ0n) is 16.2. The van der Waals surface area contributed by atoms with Crippen LogP contribution in [0.3, 0.4) is 0 Å². The van der Waals surface area contributed by atoms with Crippen molar-refractivity contribution in [1.29, 1.82) is 0 Å². The van der Waals surface area contributed by atoms with Crippen LogP contribution in [0.1, 0.15) is 37.8 Å². The predicted octanol–water partition coefficient (Wildman–Crippen LogP) is 4.78. The van der Waals surface area contributed by atoms with Gasteiger partial charge in [-0.2, -0.15) is 10.1 Å². The second kappa shape index (κ2) is 8.69. The summed E-state index contributed by atoms with van der Waals surface area (Å²) in [7, 11) is 0. The lowest BCUT2D eigenvalue weighted by molar-refractivity contribution is 0.578. The van der Waals surface area contributed by atoms with Crippen molar-refractivity contribution < 1.29 is 0 Å². The van der Waals surface area contributed by atoms with Crippen molar-refractivity contribution in [2.75, 3.05) is 28.6 Å². The first-order valence-corrected chi connectivity index (χ1v) is 9.91. The van der Waals surface area contributed by atoms with Crippen molar-refractivity contribution in [3.05, 3.63) is 66.4 Å². The quantitative estimate of drug-likeness (QED) is 0.647. The molecule has 0 spiro atoms. The van der Waals surface area contributed by atoms with E-state index in [-0.39, 0.29) is 6.04 Å². The fourth-order valence-electron chi connectivity index (χ4n) is 3.50. The third-order valence-electron chi connectivity index (χ3n) is 5.06. The summed E-state index contributed by atoms with van der Waals surface area (Å²) in [6.07, 6.45) is 5.54. The molecule has 4 rings (SSSR count). The van der Waals surface area contributed by atoms with Gasteiger partial charge in [0.15, 0.2) is 5.82 Å². The second-order valence-corrected chi connectivity index (χ2v) is 7.16. The van der Waals surface area contributed by atoms with Crippen molar-refractivity contribution in [3.63, 3.8) is 0 Å². The van der Waals surface area contributed by atoms with Gasteiger partial charge in [0.25, 0.3) is 0 Å². The van der Waals surface area contributed by atoms with Crippen LogP contribution < -0.4 is 15.5 Å². The van der Waals surface area contributed by atoms with E-state index < -0.39 is 0 Å². The summed E-state index contributed by atoms with van der Waals surface area (Å²) in [6.45, 7) is 4.38. The molecule has 2 aromatic carbocycles. The maximum atomic E-state index is 4.54. The maximum absolute atomic E-state index is 4.54. The van der Waals surface area contributed by atoms with Crippen LogP contribution in [0.15, 0.2) is 60.8 Å². The molecular formula is C22H26N6. The molecule has 6 nitrogen and oxygen atoms in total. The first-order chi connectivity index (χ1) is 13.8. The molecule has 0 radical (unpaired) electrons. The molecule has 0 saturated carbocycles. The Bertz CT molecular complexity index is 875. The van der Waals surface area contributed by atoms with Crippen LogP contribution in [0, 0.1) is 0 Å². The minimum absolute atomic E-state index is 0.0991. The zero-order valence-corrected chi connectivity index (χ0v) is 16.2. The normalized spacial score (nSPS) is 15.1. The molecule has 1 saturated heterocycles. The first-order valence-electron chi connectivity index (χ1n) is 9.91. The van der Waals surface area contributed by atoms with Crippen molar-refractivity contribution in [2.45, 2.75) is 32.2 Å². The van der Waals surface area contributed by atoms with Gasteiger partial charge >= 0.3 is 0 Å². The molecule has 28 heavy (non-hydrogen) atoms. The van der Waals surface area contributed by atoms with Crippen molar-refractivity contribution >= 4 is 23.1 Å². The van der Waals surface area contributed by atoms with Gasteiger partial charge in [0.2, 0.25) is 5.95 Å². The van der Waals surface area contributed by atoms with Gasteiger partial charge in [-0.05, 0) is 56.0 Å². The molecule has 6 heteroatoms. The fraction of sp³-hybridized carbons (Fsp3) is 0.318. The highest BCUT2D eigenvalue weighted by Crippen LogP contribution is 2.23. The van der Waals surface area contributed by atoms with E-state index in [4.69, 9.17) is 0 Å². The van der Waals surface area contributed by atoms with E-state index in [0.717, 1.165) is 18.8 Å². The minimum atomic E-state index is 0.0991. The molecule has 2 N–H and O–H groups in total. The lowest BCUT2D eigenvalue weighted by Crippen LogP contribution is -2.29. The largest absolute Gasteiger partial charge is 0.372 e. The first kappa shape index (κ1) is 18.2. The topological polar surface area (TPSA) is 66.0 Å². The number of hydrogen-bond acceptors (Lipinski definition) is 6. The summed E-state index contributed by atoms with van der Waals surface area (Å²) in [5.74, 6) is 1.18. The van der Waals surface area contributed by atoms with Gasteiger partial charge in [-0.1, -0.05) is 30.3 Å². The number of nitrogens with zero attached hydrogens (tertiary/aromatic N) is 4. The van der Waals surface area contributed by atoms with E-state index in [2.05, 4.69) is 74.0 Å². The van der Waals surface area contributed by atoms with Crippen LogP contribution in [0.5, 0.6) is 0 Å². The van der Waals surface area contributed by atoms with E-state index in [0.29, 0.717) is 11.8 Å². The summed E-state index contributed by atoms with van der Waals surface area (Å²) in [5.41, 5.74) is 3.45. The number of benzene rings is 2. The third-order valence-corrected chi connectivity index (χ3v) is 5.06. The van der Waals surface area contributed by atoms with Crippen LogP contribution in [0.25, 0.3) is 0 Å². The van der Waals surface area contributed by atoms with Gasteiger partial charge in [0, 0.05) is 24.5 Å². The molecule has 1 aliphatic rings. The number of aromatic nitrogens is 3. The van der Waals surface area contributed by atoms with Crippen LogP contribution in [-0.2, 0) is 0 Å². The molecule has 0 amide bonds. The van der Waals surface area contributed by atoms with Crippen LogP contribution in [0.2, 0.25) is 0 Å². The van der Waals surface area contributed by atoms with Gasteiger partial charge in [-0.25, -0.2) is 0 Å². The van der Waals surface area contributed by atoms with Gasteiger partial charge in [-0.3, -0.25) is 0 Å². The summed E-state index contributed by atoms with van der Waals surface area (Å²) in [4.78, 5) is 6.99. The molecule has 1 aromatic heterocycles. The van der Waals surface area contributed by atoms with Gasteiger partial charge in [-0.15, -0.1) is 5.10 Å². The Morgan fingerprint density at radius 1 is 0.929 bits per heavy atom. The number of hydrogen-bond donors (Lipinski definition) is 2. The number of anilines is 4. The Morgan fingerprint density at radius 3 is 2.43 bits per heavy atom. The van der Waals surface area contributed by atoms with Crippen LogP contribution in [0.4, 0.5) is 23.1 Å². The second-order valence-electron chi connectivity index (χ2n) is 7.16. The van der Waals surface area contributed by atoms with Crippen LogP contribution in [-0.4, -0.2) is 28.3 Å². The van der Waals surface area contributed by atoms with E-state index in [1.165, 1.54) is 30.5 Å². The smallest absolute Gasteiger partial charge is 0.245 e. The van der Waals surface area contributed by atoms with E-state index in [1.54, 1.807) is 6.20 Å². The Balaban J connectivity index is 1.40. The molecule has 144 valence electrons. The van der Waals surface area contributed by atoms with E-state index >= 15 is 0 Å². The highest BCUT2D eigenvalue weighted by atomic mass is 15.3. The molecular weight excluding hydrogens is 348 g/mol. The lowest BCUT2D eigenvalue weighted by atomic mass is 10.1. The Kier molecular flexibility index (Phi) is 5.66. The molecule has 1 aliphatic heterocycles. The number of nitrogens with one attached hydrogen (secondary N) is 2. The monoisotopic (exact) mass is 374 g/mol. The number of rotatable bonds is 6. The summed E-state index contributed by atoms with van der Waals surface area (Å²) in [6, 6.07) is 18.8. The SMILES string of the molecule is CC(Nc1nncc(Nc2ccc(N3CCCCC3)cc2)n1)c1ccccc1. The van der Waals surface area contributed by atoms with Gasteiger partial charge < -0.3 is 15.5 Å². The van der Waals surface area contributed by atoms with Crippen molar-refractivity contribution in [3.8, 4) is 0 Å². The molecule has 1 fully saturated rings. The maximum Gasteiger partial charge on any atom is 0.245 e. The molecule has 1 unspecified atom stereocenters. The average molecular weight is 374 g/mol. The average Bonchev–Trinajstić information content (AvgIpc) is 2.76.